The maximum absolute atomic E-state index is 11.9. The van der Waals surface area contributed by atoms with Crippen LogP contribution in [0.2, 0.25) is 0 Å². The monoisotopic (exact) mass is 295 g/mol. The normalized spacial score (nSPS) is 11.5. The van der Waals surface area contributed by atoms with Crippen molar-refractivity contribution < 1.29 is 9.90 Å². The Hall–Kier alpha value is -1.00. The van der Waals surface area contributed by atoms with Crippen LogP contribution in [0.15, 0.2) is 23.1 Å². The molecule has 1 rings (SSSR count). The lowest BCUT2D eigenvalue weighted by Gasteiger charge is -2.25. The number of nitrogens with zero attached hydrogens (tertiary/aromatic N) is 1. The predicted molar refractivity (Wildman–Crippen MR) is 85.2 cm³/mol. The molecule has 0 atom stereocenters. The third kappa shape index (κ3) is 5.97. The van der Waals surface area contributed by atoms with Crippen LogP contribution in [0, 0.1) is 13.8 Å². The van der Waals surface area contributed by atoms with Gasteiger partial charge in [-0.25, -0.2) is 0 Å². The van der Waals surface area contributed by atoms with E-state index in [2.05, 4.69) is 32.0 Å². The molecular formula is C16H25NO2S. The van der Waals surface area contributed by atoms with Gasteiger partial charge in [0.2, 0.25) is 5.91 Å². The second-order valence-electron chi connectivity index (χ2n) is 5.91. The quantitative estimate of drug-likeness (QED) is 0.820. The molecule has 20 heavy (non-hydrogen) atoms. The van der Waals surface area contributed by atoms with Crippen molar-refractivity contribution in [1.29, 1.82) is 0 Å². The molecule has 1 amide bonds. The molecule has 0 spiro atoms. The third-order valence-corrected chi connectivity index (χ3v) is 4.11. The first-order valence-corrected chi connectivity index (χ1v) is 7.84. The van der Waals surface area contributed by atoms with Crippen LogP contribution in [-0.4, -0.2) is 40.9 Å². The predicted octanol–water partition coefficient (Wildman–Crippen LogP) is 3.01. The van der Waals surface area contributed by atoms with E-state index in [1.54, 1.807) is 37.6 Å². The Labute approximate surface area is 126 Å². The molecule has 0 aliphatic heterocycles. The van der Waals surface area contributed by atoms with Crippen molar-refractivity contribution in [2.24, 2.45) is 0 Å². The number of hydrogen-bond acceptors (Lipinski definition) is 3. The number of aliphatic hydroxyl groups is 1. The standard InChI is InChI=1S/C16H25NO2S/c1-12-6-7-14(10-13(12)2)20-9-8-15(18)17(5)11-16(3,4)19/h6-7,10,19H,8-9,11H2,1-5H3. The molecule has 0 saturated carbocycles. The number of carbonyl (C=O) groups excluding carboxylic acids is 1. The van der Waals surface area contributed by atoms with Gasteiger partial charge in [0.05, 0.1) is 5.60 Å². The van der Waals surface area contributed by atoms with E-state index in [-0.39, 0.29) is 5.91 Å². The average Bonchev–Trinajstić information content (AvgIpc) is 2.31. The van der Waals surface area contributed by atoms with Gasteiger partial charge in [-0.1, -0.05) is 6.07 Å². The molecule has 0 aliphatic rings. The zero-order chi connectivity index (χ0) is 15.3. The van der Waals surface area contributed by atoms with Crippen molar-refractivity contribution in [2.45, 2.75) is 44.6 Å². The van der Waals surface area contributed by atoms with Gasteiger partial charge in [0.25, 0.3) is 0 Å². The topological polar surface area (TPSA) is 40.5 Å². The number of likely N-dealkylation sites (N-methyl/N-ethyl adjacent to an activating group) is 1. The van der Waals surface area contributed by atoms with E-state index >= 15 is 0 Å². The third-order valence-electron chi connectivity index (χ3n) is 3.11. The summed E-state index contributed by atoms with van der Waals surface area (Å²) in [5.41, 5.74) is 1.72. The minimum absolute atomic E-state index is 0.0726. The van der Waals surface area contributed by atoms with Gasteiger partial charge < -0.3 is 10.0 Å². The summed E-state index contributed by atoms with van der Waals surface area (Å²) in [6, 6.07) is 6.36. The molecule has 0 saturated heterocycles. The lowest BCUT2D eigenvalue weighted by Crippen LogP contribution is -2.39. The first kappa shape index (κ1) is 17.1. The highest BCUT2D eigenvalue weighted by atomic mass is 32.2. The zero-order valence-corrected chi connectivity index (χ0v) is 13.9. The van der Waals surface area contributed by atoms with Crippen LogP contribution in [0.1, 0.15) is 31.4 Å². The van der Waals surface area contributed by atoms with Crippen molar-refractivity contribution in [3.8, 4) is 0 Å². The molecule has 3 nitrogen and oxygen atoms in total. The van der Waals surface area contributed by atoms with Gasteiger partial charge in [0.15, 0.2) is 0 Å². The fourth-order valence-corrected chi connectivity index (χ4v) is 2.86. The molecule has 4 heteroatoms. The van der Waals surface area contributed by atoms with Gasteiger partial charge >= 0.3 is 0 Å². The van der Waals surface area contributed by atoms with Gasteiger partial charge in [-0.3, -0.25) is 4.79 Å². The summed E-state index contributed by atoms with van der Waals surface area (Å²) in [6.07, 6.45) is 0.490. The fraction of sp³-hybridized carbons (Fsp3) is 0.562. The summed E-state index contributed by atoms with van der Waals surface area (Å²) in [7, 11) is 1.74. The maximum atomic E-state index is 11.9. The van der Waals surface area contributed by atoms with Crippen LogP contribution in [0.5, 0.6) is 0 Å². The van der Waals surface area contributed by atoms with E-state index in [0.29, 0.717) is 13.0 Å². The molecule has 112 valence electrons. The van der Waals surface area contributed by atoms with Crippen molar-refractivity contribution in [1.82, 2.24) is 4.90 Å². The number of amides is 1. The fourth-order valence-electron chi connectivity index (χ4n) is 1.92. The van der Waals surface area contributed by atoms with E-state index in [0.717, 1.165) is 5.75 Å². The molecule has 0 radical (unpaired) electrons. The zero-order valence-electron chi connectivity index (χ0n) is 13.1. The van der Waals surface area contributed by atoms with Gasteiger partial charge in [-0.15, -0.1) is 11.8 Å². The molecule has 0 bridgehead atoms. The van der Waals surface area contributed by atoms with Crippen LogP contribution in [0.3, 0.4) is 0 Å². The van der Waals surface area contributed by atoms with E-state index in [1.807, 2.05) is 0 Å². The Kier molecular flexibility index (Phi) is 6.08. The largest absolute Gasteiger partial charge is 0.389 e. The van der Waals surface area contributed by atoms with Crippen LogP contribution in [0.4, 0.5) is 0 Å². The molecule has 1 aromatic rings. The van der Waals surface area contributed by atoms with E-state index in [9.17, 15) is 9.90 Å². The minimum Gasteiger partial charge on any atom is -0.389 e. The molecule has 0 unspecified atom stereocenters. The average molecular weight is 295 g/mol. The number of thioether (sulfide) groups is 1. The Bertz CT molecular complexity index is 466. The lowest BCUT2D eigenvalue weighted by molar-refractivity contribution is -0.132. The van der Waals surface area contributed by atoms with Crippen LogP contribution in [-0.2, 0) is 4.79 Å². The van der Waals surface area contributed by atoms with Crippen molar-refractivity contribution in [3.63, 3.8) is 0 Å². The molecule has 0 fully saturated rings. The highest BCUT2D eigenvalue weighted by Crippen LogP contribution is 2.22. The Morgan fingerprint density at radius 1 is 1.30 bits per heavy atom. The Morgan fingerprint density at radius 3 is 2.50 bits per heavy atom. The van der Waals surface area contributed by atoms with Gasteiger partial charge in [0, 0.05) is 30.7 Å². The van der Waals surface area contributed by atoms with E-state index in [4.69, 9.17) is 0 Å². The summed E-state index contributed by atoms with van der Waals surface area (Å²) >= 11 is 1.70. The number of aryl methyl sites for hydroxylation is 2. The molecule has 0 heterocycles. The molecule has 0 aromatic heterocycles. The smallest absolute Gasteiger partial charge is 0.223 e. The Balaban J connectivity index is 2.40. The minimum atomic E-state index is -0.842. The SMILES string of the molecule is Cc1ccc(SCCC(=O)N(C)CC(C)(C)O)cc1C. The van der Waals surface area contributed by atoms with E-state index in [1.165, 1.54) is 16.0 Å². The highest BCUT2D eigenvalue weighted by Gasteiger charge is 2.18. The number of carbonyl (C=O) groups is 1. The van der Waals surface area contributed by atoms with Gasteiger partial charge in [-0.05, 0) is 51.0 Å². The summed E-state index contributed by atoms with van der Waals surface area (Å²) < 4.78 is 0. The van der Waals surface area contributed by atoms with Gasteiger partial charge in [0.1, 0.15) is 0 Å². The summed E-state index contributed by atoms with van der Waals surface area (Å²) in [5, 5.41) is 9.70. The lowest BCUT2D eigenvalue weighted by atomic mass is 10.1. The van der Waals surface area contributed by atoms with Crippen molar-refractivity contribution >= 4 is 17.7 Å². The summed E-state index contributed by atoms with van der Waals surface area (Å²) in [5.74, 6) is 0.834. The molecule has 1 aromatic carbocycles. The number of rotatable bonds is 6. The van der Waals surface area contributed by atoms with Crippen molar-refractivity contribution in [3.05, 3.63) is 29.3 Å². The first-order chi connectivity index (χ1) is 9.19. The molecular weight excluding hydrogens is 270 g/mol. The van der Waals surface area contributed by atoms with Crippen LogP contribution >= 0.6 is 11.8 Å². The van der Waals surface area contributed by atoms with Crippen molar-refractivity contribution in [2.75, 3.05) is 19.3 Å². The maximum Gasteiger partial charge on any atom is 0.223 e. The Morgan fingerprint density at radius 2 is 1.95 bits per heavy atom. The number of hydrogen-bond donors (Lipinski definition) is 1. The number of benzene rings is 1. The van der Waals surface area contributed by atoms with Crippen LogP contribution < -0.4 is 0 Å². The second-order valence-corrected chi connectivity index (χ2v) is 7.08. The van der Waals surface area contributed by atoms with E-state index < -0.39 is 5.60 Å². The summed E-state index contributed by atoms with van der Waals surface area (Å²) in [6.45, 7) is 7.97. The summed E-state index contributed by atoms with van der Waals surface area (Å²) in [4.78, 5) is 14.7. The highest BCUT2D eigenvalue weighted by molar-refractivity contribution is 7.99. The molecule has 1 N–H and O–H groups in total. The van der Waals surface area contributed by atoms with Gasteiger partial charge in [-0.2, -0.15) is 0 Å². The molecule has 0 aliphatic carbocycles. The first-order valence-electron chi connectivity index (χ1n) is 6.85. The van der Waals surface area contributed by atoms with Crippen LogP contribution in [0.25, 0.3) is 0 Å². The second kappa shape index (κ2) is 7.14.